The van der Waals surface area contributed by atoms with Crippen LogP contribution in [0.2, 0.25) is 0 Å². The lowest BCUT2D eigenvalue weighted by Gasteiger charge is -2.49. The van der Waals surface area contributed by atoms with Crippen molar-refractivity contribution in [3.05, 3.63) is 65.7 Å². The van der Waals surface area contributed by atoms with Crippen molar-refractivity contribution in [2.75, 3.05) is 40.3 Å². The molecule has 0 radical (unpaired) electrons. The van der Waals surface area contributed by atoms with Crippen LogP contribution in [0.15, 0.2) is 54.6 Å². The van der Waals surface area contributed by atoms with Crippen LogP contribution >= 0.6 is 0 Å². The first-order valence-corrected chi connectivity index (χ1v) is 10.1. The number of aliphatic hydroxyl groups is 1. The molecule has 1 heterocycles. The summed E-state index contributed by atoms with van der Waals surface area (Å²) in [6, 6.07) is 17.6. The van der Waals surface area contributed by atoms with Crippen molar-refractivity contribution >= 4 is 5.91 Å². The van der Waals surface area contributed by atoms with Crippen molar-refractivity contribution in [1.82, 2.24) is 9.80 Å². The fraction of sp³-hybridized carbons (Fsp3) is 0.435. The Balaban J connectivity index is 1.69. The maximum atomic E-state index is 12.9. The van der Waals surface area contributed by atoms with Crippen LogP contribution in [-0.2, 0) is 16.8 Å². The number of amides is 1. The zero-order valence-electron chi connectivity index (χ0n) is 17.3. The summed E-state index contributed by atoms with van der Waals surface area (Å²) in [5.41, 5.74) is 6.96. The van der Waals surface area contributed by atoms with Crippen molar-refractivity contribution in [1.29, 1.82) is 0 Å². The van der Waals surface area contributed by atoms with E-state index in [2.05, 4.69) is 4.90 Å². The second-order valence-electron chi connectivity index (χ2n) is 7.75. The molecule has 6 nitrogen and oxygen atoms in total. The van der Waals surface area contributed by atoms with E-state index < -0.39 is 11.6 Å². The van der Waals surface area contributed by atoms with E-state index in [4.69, 9.17) is 10.5 Å². The molecule has 29 heavy (non-hydrogen) atoms. The van der Waals surface area contributed by atoms with Crippen molar-refractivity contribution in [2.24, 2.45) is 5.73 Å². The van der Waals surface area contributed by atoms with Gasteiger partial charge in [0.25, 0.3) is 0 Å². The second kappa shape index (κ2) is 9.39. The Morgan fingerprint density at radius 1 is 1.24 bits per heavy atom. The van der Waals surface area contributed by atoms with Crippen molar-refractivity contribution in [3.8, 4) is 5.75 Å². The minimum atomic E-state index is -0.670. The van der Waals surface area contributed by atoms with E-state index in [9.17, 15) is 9.90 Å². The largest absolute Gasteiger partial charge is 0.492 e. The summed E-state index contributed by atoms with van der Waals surface area (Å²) in [5, 5.41) is 11.1. The zero-order chi connectivity index (χ0) is 20.9. The monoisotopic (exact) mass is 397 g/mol. The molecule has 1 amide bonds. The molecular weight excluding hydrogens is 366 g/mol. The number of piperidine rings is 1. The first-order chi connectivity index (χ1) is 14.0. The average Bonchev–Trinajstić information content (AvgIpc) is 2.73. The van der Waals surface area contributed by atoms with Gasteiger partial charge < -0.3 is 20.5 Å². The Hall–Kier alpha value is -2.41. The zero-order valence-corrected chi connectivity index (χ0v) is 17.3. The smallest absolute Gasteiger partial charge is 0.227 e. The van der Waals surface area contributed by atoms with Gasteiger partial charge in [-0.05, 0) is 43.8 Å². The lowest BCUT2D eigenvalue weighted by Crippen LogP contribution is -2.61. The Morgan fingerprint density at radius 2 is 2.00 bits per heavy atom. The van der Waals surface area contributed by atoms with E-state index in [0.717, 1.165) is 16.9 Å². The molecule has 0 aliphatic carbocycles. The molecule has 0 saturated carbocycles. The predicted molar refractivity (Wildman–Crippen MR) is 114 cm³/mol. The van der Waals surface area contributed by atoms with Gasteiger partial charge in [-0.25, -0.2) is 0 Å². The Labute approximate surface area is 172 Å². The van der Waals surface area contributed by atoms with E-state index >= 15 is 0 Å². The van der Waals surface area contributed by atoms with Gasteiger partial charge in [0.1, 0.15) is 12.4 Å². The third-order valence-corrected chi connectivity index (χ3v) is 5.77. The van der Waals surface area contributed by atoms with Crippen LogP contribution in [0, 0.1) is 0 Å². The molecule has 0 spiro atoms. The number of nitrogens with zero attached hydrogens (tertiary/aromatic N) is 2. The molecule has 1 aliphatic rings. The molecule has 0 bridgehead atoms. The Bertz CT molecular complexity index is 812. The van der Waals surface area contributed by atoms with Crippen LogP contribution in [-0.4, -0.2) is 67.3 Å². The number of carbonyl (C=O) groups excluding carboxylic acids is 1. The van der Waals surface area contributed by atoms with Crippen molar-refractivity contribution < 1.29 is 14.6 Å². The van der Waals surface area contributed by atoms with E-state index in [1.54, 1.807) is 4.90 Å². The number of ether oxygens (including phenoxy) is 1. The van der Waals surface area contributed by atoms with Gasteiger partial charge in [-0.1, -0.05) is 42.5 Å². The Kier molecular flexibility index (Phi) is 6.90. The summed E-state index contributed by atoms with van der Waals surface area (Å²) in [4.78, 5) is 16.7. The number of carbonyl (C=O) groups is 1. The summed E-state index contributed by atoms with van der Waals surface area (Å²) in [6.45, 7) is 1.81. The number of hydrogen-bond acceptors (Lipinski definition) is 5. The van der Waals surface area contributed by atoms with E-state index in [1.165, 1.54) is 0 Å². The van der Waals surface area contributed by atoms with Gasteiger partial charge in [-0.15, -0.1) is 0 Å². The maximum absolute atomic E-state index is 12.9. The van der Waals surface area contributed by atoms with Crippen molar-refractivity contribution in [3.63, 3.8) is 0 Å². The topological polar surface area (TPSA) is 79.0 Å². The number of likely N-dealkylation sites (N-methyl/N-ethyl adjacent to an activating group) is 1. The fourth-order valence-corrected chi connectivity index (χ4v) is 4.20. The van der Waals surface area contributed by atoms with E-state index in [-0.39, 0.29) is 12.3 Å². The molecule has 2 atom stereocenters. The number of hydrogen-bond donors (Lipinski definition) is 2. The second-order valence-corrected chi connectivity index (χ2v) is 7.75. The highest BCUT2D eigenvalue weighted by Crippen LogP contribution is 2.37. The first kappa shape index (κ1) is 21.3. The number of aliphatic hydroxyl groups excluding tert-OH is 1. The molecule has 0 unspecified atom stereocenters. The average molecular weight is 398 g/mol. The van der Waals surface area contributed by atoms with Crippen molar-refractivity contribution in [2.45, 2.75) is 24.5 Å². The lowest BCUT2D eigenvalue weighted by molar-refractivity contribution is -0.140. The summed E-state index contributed by atoms with van der Waals surface area (Å²) >= 11 is 0. The number of β-amino-alcohol motifs (C(OH)–C–C–N with tert-alkyl or cyclic N) is 1. The SMILES string of the molecule is CN(C)[C@]1(c2ccccc2)CCN(C(=O)Cc2cccc(OCCN)c2)C[C@H]1O. The van der Waals surface area contributed by atoms with E-state index in [1.807, 2.05) is 68.7 Å². The van der Waals surface area contributed by atoms with Crippen LogP contribution in [0.1, 0.15) is 17.5 Å². The summed E-state index contributed by atoms with van der Waals surface area (Å²) in [5.74, 6) is 0.732. The highest BCUT2D eigenvalue weighted by molar-refractivity contribution is 5.79. The highest BCUT2D eigenvalue weighted by Gasteiger charge is 2.46. The number of benzene rings is 2. The molecule has 0 aromatic heterocycles. The minimum absolute atomic E-state index is 0.0143. The normalized spacial score (nSPS) is 22.0. The standard InChI is InChI=1S/C23H31N3O3/c1-25(2)23(19-8-4-3-5-9-19)11-13-26(17-21(23)27)22(28)16-18-7-6-10-20(15-18)29-14-12-24/h3-10,15,21,27H,11-14,16-17,24H2,1-2H3/t21-,23+/m1/s1. The number of rotatable bonds is 7. The van der Waals surface area contributed by atoms with Gasteiger partial charge >= 0.3 is 0 Å². The lowest BCUT2D eigenvalue weighted by atomic mass is 9.77. The highest BCUT2D eigenvalue weighted by atomic mass is 16.5. The van der Waals surface area contributed by atoms with Gasteiger partial charge in [0.05, 0.1) is 18.1 Å². The summed E-state index contributed by atoms with van der Waals surface area (Å²) in [7, 11) is 3.97. The molecular formula is C23H31N3O3. The molecule has 1 fully saturated rings. The first-order valence-electron chi connectivity index (χ1n) is 10.1. The minimum Gasteiger partial charge on any atom is -0.492 e. The van der Waals surface area contributed by atoms with Crippen LogP contribution in [0.5, 0.6) is 5.75 Å². The number of likely N-dealkylation sites (tertiary alicyclic amines) is 1. The molecule has 2 aromatic rings. The fourth-order valence-electron chi connectivity index (χ4n) is 4.20. The molecule has 156 valence electrons. The summed E-state index contributed by atoms with van der Waals surface area (Å²) in [6.07, 6.45) is 0.292. The van der Waals surface area contributed by atoms with Crippen LogP contribution < -0.4 is 10.5 Å². The van der Waals surface area contributed by atoms with Gasteiger partial charge in [-0.3, -0.25) is 9.69 Å². The maximum Gasteiger partial charge on any atom is 0.227 e. The molecule has 6 heteroatoms. The van der Waals surface area contributed by atoms with E-state index in [0.29, 0.717) is 32.7 Å². The molecule has 3 N–H and O–H groups in total. The van der Waals surface area contributed by atoms with Gasteiger partial charge in [0, 0.05) is 19.6 Å². The third kappa shape index (κ3) is 4.61. The van der Waals surface area contributed by atoms with Gasteiger partial charge in [0.15, 0.2) is 0 Å². The van der Waals surface area contributed by atoms with Gasteiger partial charge in [0.2, 0.25) is 5.91 Å². The van der Waals surface area contributed by atoms with Crippen LogP contribution in [0.25, 0.3) is 0 Å². The molecule has 1 aliphatic heterocycles. The third-order valence-electron chi connectivity index (χ3n) is 5.77. The van der Waals surface area contributed by atoms with Crippen LogP contribution in [0.3, 0.4) is 0 Å². The Morgan fingerprint density at radius 3 is 2.66 bits per heavy atom. The van der Waals surface area contributed by atoms with Crippen LogP contribution in [0.4, 0.5) is 0 Å². The quantitative estimate of drug-likeness (QED) is 0.742. The predicted octanol–water partition coefficient (Wildman–Crippen LogP) is 1.62. The number of nitrogens with two attached hydrogens (primary N) is 1. The summed E-state index contributed by atoms with van der Waals surface area (Å²) < 4.78 is 5.55. The van der Waals surface area contributed by atoms with Gasteiger partial charge in [-0.2, -0.15) is 0 Å². The molecule has 1 saturated heterocycles. The molecule has 2 aromatic carbocycles. The molecule has 3 rings (SSSR count).